The Kier molecular flexibility index (Phi) is 11.3. The lowest BCUT2D eigenvalue weighted by Crippen LogP contribution is -2.51. The first-order valence-electron chi connectivity index (χ1n) is 15.7. The highest BCUT2D eigenvalue weighted by molar-refractivity contribution is 6.47. The molecule has 2 aromatic rings. The topological polar surface area (TPSA) is 78.8 Å². The van der Waals surface area contributed by atoms with E-state index in [0.717, 1.165) is 63.3 Å². The van der Waals surface area contributed by atoms with Crippen molar-refractivity contribution >= 4 is 35.3 Å². The molecule has 2 aliphatic carbocycles. The van der Waals surface area contributed by atoms with Crippen molar-refractivity contribution < 1.29 is 18.8 Å². The predicted molar refractivity (Wildman–Crippen MR) is 170 cm³/mol. The zero-order valence-electron chi connectivity index (χ0n) is 25.9. The SMILES string of the molecule is CCC(c1ccc(C=O)cc1)N1C(=O)C(c2cc(F)cc(Cl)c2)=NC12CCC(C(C)C)CC2.CNCCC(=O)C1CCC1. The summed E-state index contributed by atoms with van der Waals surface area (Å²) in [6, 6.07) is 11.4. The molecule has 2 aromatic carbocycles. The fourth-order valence-electron chi connectivity index (χ4n) is 6.59. The first-order chi connectivity index (χ1) is 20.6. The van der Waals surface area contributed by atoms with Crippen molar-refractivity contribution in [3.8, 4) is 0 Å². The molecule has 1 spiro atoms. The number of aliphatic imine (C=N–C) groups is 1. The number of nitrogens with zero attached hydrogens (tertiary/aromatic N) is 2. The number of benzene rings is 2. The highest BCUT2D eigenvalue weighted by atomic mass is 35.5. The number of carbonyl (C=O) groups excluding carboxylic acids is 3. The highest BCUT2D eigenvalue weighted by Crippen LogP contribution is 2.47. The third kappa shape index (κ3) is 7.61. The summed E-state index contributed by atoms with van der Waals surface area (Å²) < 4.78 is 14.1. The van der Waals surface area contributed by atoms with E-state index in [1.54, 1.807) is 18.2 Å². The molecule has 6 nitrogen and oxygen atoms in total. The molecule has 0 aromatic heterocycles. The van der Waals surface area contributed by atoms with Gasteiger partial charge in [0, 0.05) is 35.0 Å². The molecule has 8 heteroatoms. The number of rotatable bonds is 10. The molecule has 1 amide bonds. The first-order valence-corrected chi connectivity index (χ1v) is 16.1. The van der Waals surface area contributed by atoms with Crippen LogP contribution in [0.3, 0.4) is 0 Å². The molecule has 0 radical (unpaired) electrons. The first kappa shape index (κ1) is 33.0. The van der Waals surface area contributed by atoms with Gasteiger partial charge in [-0.3, -0.25) is 19.4 Å². The molecule has 3 aliphatic rings. The minimum Gasteiger partial charge on any atom is -0.319 e. The van der Waals surface area contributed by atoms with E-state index in [4.69, 9.17) is 16.6 Å². The van der Waals surface area contributed by atoms with Crippen LogP contribution in [0.15, 0.2) is 47.5 Å². The maximum absolute atomic E-state index is 14.1. The molecule has 232 valence electrons. The second kappa shape index (κ2) is 14.7. The van der Waals surface area contributed by atoms with Gasteiger partial charge in [-0.2, -0.15) is 0 Å². The number of hydrogen-bond donors (Lipinski definition) is 1. The van der Waals surface area contributed by atoms with Gasteiger partial charge in [-0.05, 0) is 87.6 Å². The number of hydrogen-bond acceptors (Lipinski definition) is 5. The number of Topliss-reactive ketones (excluding diaryl/α,β-unsaturated/α-hetero) is 1. The molecule has 1 heterocycles. The molecule has 2 saturated carbocycles. The summed E-state index contributed by atoms with van der Waals surface area (Å²) in [7, 11) is 1.88. The van der Waals surface area contributed by atoms with Crippen molar-refractivity contribution in [1.29, 1.82) is 0 Å². The molecule has 5 rings (SSSR count). The van der Waals surface area contributed by atoms with Gasteiger partial charge in [0.25, 0.3) is 5.91 Å². The summed E-state index contributed by atoms with van der Waals surface area (Å²) in [6.07, 6.45) is 9.31. The quantitative estimate of drug-likeness (QED) is 0.282. The van der Waals surface area contributed by atoms with Crippen molar-refractivity contribution in [2.75, 3.05) is 13.6 Å². The van der Waals surface area contributed by atoms with Gasteiger partial charge in [-0.15, -0.1) is 0 Å². The lowest BCUT2D eigenvalue weighted by Gasteiger charge is -2.46. The molecule has 1 atom stereocenters. The van der Waals surface area contributed by atoms with E-state index in [0.29, 0.717) is 41.1 Å². The minimum atomic E-state index is -0.652. The van der Waals surface area contributed by atoms with Crippen LogP contribution in [0.1, 0.15) is 106 Å². The lowest BCUT2D eigenvalue weighted by atomic mass is 9.76. The molecule has 1 unspecified atom stereocenters. The van der Waals surface area contributed by atoms with Gasteiger partial charge in [0.1, 0.15) is 29.3 Å². The Hall–Kier alpha value is -2.90. The molecular weight excluding hydrogens is 565 g/mol. The molecule has 1 aliphatic heterocycles. The second-order valence-corrected chi connectivity index (χ2v) is 13.0. The van der Waals surface area contributed by atoms with Gasteiger partial charge >= 0.3 is 0 Å². The van der Waals surface area contributed by atoms with Gasteiger partial charge in [0.2, 0.25) is 0 Å². The van der Waals surface area contributed by atoms with E-state index in [1.807, 2.05) is 24.1 Å². The summed E-state index contributed by atoms with van der Waals surface area (Å²) in [5.74, 6) is 1.39. The van der Waals surface area contributed by atoms with Crippen molar-refractivity contribution in [1.82, 2.24) is 10.2 Å². The van der Waals surface area contributed by atoms with Crippen LogP contribution < -0.4 is 5.32 Å². The Morgan fingerprint density at radius 3 is 2.33 bits per heavy atom. The second-order valence-electron chi connectivity index (χ2n) is 12.5. The van der Waals surface area contributed by atoms with Crippen LogP contribution in [0.4, 0.5) is 4.39 Å². The van der Waals surface area contributed by atoms with Crippen LogP contribution in [0.5, 0.6) is 0 Å². The summed E-state index contributed by atoms with van der Waals surface area (Å²) in [5, 5.41) is 3.22. The standard InChI is InChI=1S/C27H30ClFN2O2.C8H15NO/c1-4-24(20-7-5-18(16-32)6-8-20)31-26(33)25(21-13-22(28)15-23(29)14-21)30-27(31)11-9-19(10-12-27)17(2)3;1-9-6-5-8(10)7-3-2-4-7/h5-8,13-17,19,24H,4,9-12H2,1-3H3;7,9H,2-6H2,1H3. The zero-order valence-corrected chi connectivity index (χ0v) is 26.6. The summed E-state index contributed by atoms with van der Waals surface area (Å²) in [6.45, 7) is 7.38. The number of aldehydes is 1. The molecule has 0 saturated heterocycles. The molecule has 43 heavy (non-hydrogen) atoms. The van der Waals surface area contributed by atoms with Gasteiger partial charge in [-0.25, -0.2) is 4.39 Å². The van der Waals surface area contributed by atoms with Gasteiger partial charge < -0.3 is 10.2 Å². The Labute approximate surface area is 260 Å². The van der Waals surface area contributed by atoms with Crippen LogP contribution in [-0.4, -0.2) is 47.8 Å². The average Bonchev–Trinajstić information content (AvgIpc) is 3.23. The van der Waals surface area contributed by atoms with Crippen molar-refractivity contribution in [3.63, 3.8) is 0 Å². The fourth-order valence-corrected chi connectivity index (χ4v) is 6.81. The summed E-state index contributed by atoms with van der Waals surface area (Å²) in [5.41, 5.74) is 1.61. The molecule has 0 bridgehead atoms. The van der Waals surface area contributed by atoms with Crippen molar-refractivity contribution in [3.05, 3.63) is 70.0 Å². The number of halogens is 2. The number of carbonyl (C=O) groups is 3. The van der Waals surface area contributed by atoms with Crippen LogP contribution in [0, 0.1) is 23.6 Å². The fraction of sp³-hybridized carbons (Fsp3) is 0.543. The Morgan fingerprint density at radius 2 is 1.81 bits per heavy atom. The number of ketones is 1. The highest BCUT2D eigenvalue weighted by Gasteiger charge is 2.51. The Bertz CT molecular complexity index is 1290. The summed E-state index contributed by atoms with van der Waals surface area (Å²) in [4.78, 5) is 43.1. The van der Waals surface area contributed by atoms with E-state index >= 15 is 0 Å². The average molecular weight is 610 g/mol. The van der Waals surface area contributed by atoms with Crippen LogP contribution in [0.25, 0.3) is 0 Å². The number of amides is 1. The smallest absolute Gasteiger partial charge is 0.275 e. The third-order valence-electron chi connectivity index (χ3n) is 9.44. The van der Waals surface area contributed by atoms with Crippen LogP contribution in [-0.2, 0) is 9.59 Å². The van der Waals surface area contributed by atoms with E-state index in [1.165, 1.54) is 18.6 Å². The molecule has 1 N–H and O–H groups in total. The zero-order chi connectivity index (χ0) is 31.1. The maximum Gasteiger partial charge on any atom is 0.275 e. The third-order valence-corrected chi connectivity index (χ3v) is 9.66. The van der Waals surface area contributed by atoms with Crippen LogP contribution >= 0.6 is 11.6 Å². The van der Waals surface area contributed by atoms with Crippen molar-refractivity contribution in [2.45, 2.75) is 90.3 Å². The maximum atomic E-state index is 14.1. The largest absolute Gasteiger partial charge is 0.319 e. The van der Waals surface area contributed by atoms with E-state index in [-0.39, 0.29) is 22.7 Å². The van der Waals surface area contributed by atoms with E-state index < -0.39 is 11.5 Å². The normalized spacial score (nSPS) is 22.6. The van der Waals surface area contributed by atoms with Crippen molar-refractivity contribution in [2.24, 2.45) is 22.7 Å². The van der Waals surface area contributed by atoms with Gasteiger partial charge in [0.15, 0.2) is 0 Å². The van der Waals surface area contributed by atoms with E-state index in [2.05, 4.69) is 26.1 Å². The monoisotopic (exact) mass is 609 g/mol. The number of nitrogens with one attached hydrogen (secondary N) is 1. The Balaban J connectivity index is 0.000000359. The molecule has 2 fully saturated rings. The summed E-state index contributed by atoms with van der Waals surface area (Å²) >= 11 is 6.11. The van der Waals surface area contributed by atoms with Crippen LogP contribution in [0.2, 0.25) is 5.02 Å². The van der Waals surface area contributed by atoms with Gasteiger partial charge in [-0.1, -0.05) is 63.1 Å². The minimum absolute atomic E-state index is 0.189. The molecular formula is C35H45ClFN3O3. The van der Waals surface area contributed by atoms with Gasteiger partial charge in [0.05, 0.1) is 6.04 Å². The lowest BCUT2D eigenvalue weighted by molar-refractivity contribution is -0.133. The predicted octanol–water partition coefficient (Wildman–Crippen LogP) is 7.58. The Morgan fingerprint density at radius 1 is 1.14 bits per heavy atom. The van der Waals surface area contributed by atoms with E-state index in [9.17, 15) is 18.8 Å².